The molecule has 8 nitrogen and oxygen atoms in total. The molecule has 0 aliphatic heterocycles. The summed E-state index contributed by atoms with van der Waals surface area (Å²) in [5.74, 6) is 0.672. The van der Waals surface area contributed by atoms with Crippen LogP contribution in [0, 0.1) is 0 Å². The fourth-order valence-corrected chi connectivity index (χ4v) is 1.36. The Morgan fingerprint density at radius 2 is 2.41 bits per heavy atom. The number of hydrogen-bond acceptors (Lipinski definition) is 6. The highest BCUT2D eigenvalue weighted by Gasteiger charge is 2.11. The van der Waals surface area contributed by atoms with Crippen LogP contribution in [0.15, 0.2) is 5.11 Å². The molecule has 1 aromatic heterocycles. The zero-order valence-corrected chi connectivity index (χ0v) is 10.6. The minimum atomic E-state index is -0.390. The van der Waals surface area contributed by atoms with Crippen LogP contribution >= 0.6 is 12.2 Å². The van der Waals surface area contributed by atoms with Crippen LogP contribution in [0.3, 0.4) is 0 Å². The summed E-state index contributed by atoms with van der Waals surface area (Å²) in [6, 6.07) is -0.390. The number of tetrazole rings is 1. The standard InChI is InChI=1S/C8H14N8S/c1-15(2)3-4-16-8(11-13-14-16)5-7(6-17)10-12-9/h6-7H,3-5H2,1-2H3. The van der Waals surface area contributed by atoms with Gasteiger partial charge in [-0.05, 0) is 35.4 Å². The highest BCUT2D eigenvalue weighted by Crippen LogP contribution is 2.01. The van der Waals surface area contributed by atoms with Crippen molar-refractivity contribution in [3.8, 4) is 0 Å². The molecule has 0 aliphatic carbocycles. The molecule has 0 fully saturated rings. The van der Waals surface area contributed by atoms with E-state index >= 15 is 0 Å². The van der Waals surface area contributed by atoms with Gasteiger partial charge < -0.3 is 4.90 Å². The van der Waals surface area contributed by atoms with Gasteiger partial charge in [0.05, 0.1) is 12.6 Å². The summed E-state index contributed by atoms with van der Waals surface area (Å²) in [4.78, 5) is 4.77. The predicted molar refractivity (Wildman–Crippen MR) is 66.7 cm³/mol. The molecule has 0 bridgehead atoms. The van der Waals surface area contributed by atoms with Gasteiger partial charge in [-0.2, -0.15) is 0 Å². The van der Waals surface area contributed by atoms with Gasteiger partial charge in [-0.1, -0.05) is 17.3 Å². The van der Waals surface area contributed by atoms with Crippen molar-refractivity contribution < 1.29 is 0 Å². The zero-order valence-electron chi connectivity index (χ0n) is 9.76. The van der Waals surface area contributed by atoms with Crippen LogP contribution in [0.4, 0.5) is 0 Å². The molecule has 0 radical (unpaired) electrons. The Labute approximate surface area is 104 Å². The van der Waals surface area contributed by atoms with Crippen molar-refractivity contribution in [3.05, 3.63) is 16.3 Å². The van der Waals surface area contributed by atoms with Gasteiger partial charge in [0.25, 0.3) is 0 Å². The largest absolute Gasteiger partial charge is 0.308 e. The Bertz CT molecular complexity index is 407. The molecular formula is C8H14N8S. The number of nitrogens with zero attached hydrogens (tertiary/aromatic N) is 8. The Morgan fingerprint density at radius 3 is 3.00 bits per heavy atom. The van der Waals surface area contributed by atoms with E-state index in [0.717, 1.165) is 6.54 Å². The summed E-state index contributed by atoms with van der Waals surface area (Å²) in [5, 5.41) is 16.4. The molecule has 17 heavy (non-hydrogen) atoms. The van der Waals surface area contributed by atoms with Crippen LogP contribution in [0.25, 0.3) is 10.4 Å². The predicted octanol–water partition coefficient (Wildman–Crippen LogP) is 0.456. The van der Waals surface area contributed by atoms with E-state index in [4.69, 9.17) is 17.7 Å². The molecule has 92 valence electrons. The molecule has 1 rings (SSSR count). The van der Waals surface area contributed by atoms with E-state index in [0.29, 0.717) is 18.8 Å². The van der Waals surface area contributed by atoms with Gasteiger partial charge in [0, 0.05) is 17.9 Å². The van der Waals surface area contributed by atoms with Gasteiger partial charge >= 0.3 is 0 Å². The van der Waals surface area contributed by atoms with E-state index < -0.39 is 0 Å². The van der Waals surface area contributed by atoms with E-state index in [1.165, 1.54) is 5.37 Å². The maximum Gasteiger partial charge on any atom is 0.152 e. The van der Waals surface area contributed by atoms with Crippen LogP contribution in [-0.4, -0.2) is 57.2 Å². The van der Waals surface area contributed by atoms with Crippen molar-refractivity contribution in [2.75, 3.05) is 20.6 Å². The first-order valence-corrected chi connectivity index (χ1v) is 5.53. The molecule has 0 amide bonds. The lowest BCUT2D eigenvalue weighted by Crippen LogP contribution is -2.22. The van der Waals surface area contributed by atoms with Crippen LogP contribution in [-0.2, 0) is 13.0 Å². The van der Waals surface area contributed by atoms with E-state index in [1.807, 2.05) is 19.0 Å². The number of thiocarbonyl (C=S) groups is 1. The first-order chi connectivity index (χ1) is 8.17. The molecule has 1 unspecified atom stereocenters. The van der Waals surface area contributed by atoms with Crippen LogP contribution in [0.5, 0.6) is 0 Å². The molecule has 0 saturated heterocycles. The number of likely N-dealkylation sites (N-methyl/N-ethyl adjacent to an activating group) is 1. The van der Waals surface area contributed by atoms with Gasteiger partial charge in [0.1, 0.15) is 0 Å². The fourth-order valence-electron chi connectivity index (χ4n) is 1.21. The highest BCUT2D eigenvalue weighted by molar-refractivity contribution is 7.79. The Morgan fingerprint density at radius 1 is 1.65 bits per heavy atom. The molecule has 1 aromatic rings. The van der Waals surface area contributed by atoms with Crippen molar-refractivity contribution in [2.45, 2.75) is 19.0 Å². The highest BCUT2D eigenvalue weighted by atomic mass is 32.1. The maximum absolute atomic E-state index is 8.37. The first kappa shape index (κ1) is 13.5. The second-order valence-corrected chi connectivity index (χ2v) is 4.01. The summed E-state index contributed by atoms with van der Waals surface area (Å²) >= 11 is 4.79. The maximum atomic E-state index is 8.37. The van der Waals surface area contributed by atoms with Gasteiger partial charge in [-0.3, -0.25) is 0 Å². The second-order valence-electron chi connectivity index (χ2n) is 3.73. The monoisotopic (exact) mass is 254 g/mol. The fraction of sp³-hybridized carbons (Fsp3) is 0.750. The summed E-state index contributed by atoms with van der Waals surface area (Å²) in [6.45, 7) is 1.53. The first-order valence-electron chi connectivity index (χ1n) is 5.06. The Kier molecular flexibility index (Phi) is 5.47. The zero-order chi connectivity index (χ0) is 12.7. The topological polar surface area (TPSA) is 95.6 Å². The van der Waals surface area contributed by atoms with Gasteiger partial charge in [-0.15, -0.1) is 5.10 Å². The minimum absolute atomic E-state index is 0.390. The van der Waals surface area contributed by atoms with Gasteiger partial charge in [-0.25, -0.2) is 4.68 Å². The van der Waals surface area contributed by atoms with Crippen molar-refractivity contribution >= 4 is 17.6 Å². The summed E-state index contributed by atoms with van der Waals surface area (Å²) < 4.78 is 1.69. The summed E-state index contributed by atoms with van der Waals surface area (Å²) in [7, 11) is 3.95. The number of azide groups is 1. The van der Waals surface area contributed by atoms with Crippen LogP contribution in [0.2, 0.25) is 0 Å². The summed E-state index contributed by atoms with van der Waals surface area (Å²) in [6.07, 6.45) is 0.425. The average Bonchev–Trinajstić information content (AvgIpc) is 2.73. The Hall–Kier alpha value is -1.57. The quantitative estimate of drug-likeness (QED) is 0.305. The third-order valence-corrected chi connectivity index (χ3v) is 2.43. The van der Waals surface area contributed by atoms with E-state index in [2.05, 4.69) is 25.6 Å². The molecule has 9 heteroatoms. The smallest absolute Gasteiger partial charge is 0.152 e. The van der Waals surface area contributed by atoms with E-state index in [9.17, 15) is 0 Å². The van der Waals surface area contributed by atoms with Crippen LogP contribution < -0.4 is 0 Å². The molecule has 0 aromatic carbocycles. The van der Waals surface area contributed by atoms with Crippen molar-refractivity contribution in [3.63, 3.8) is 0 Å². The summed E-state index contributed by atoms with van der Waals surface area (Å²) in [5.41, 5.74) is 8.37. The molecule has 0 spiro atoms. The lowest BCUT2D eigenvalue weighted by Gasteiger charge is -2.10. The lowest BCUT2D eigenvalue weighted by atomic mass is 10.2. The number of aromatic nitrogens is 4. The molecule has 0 saturated carbocycles. The SMILES string of the molecule is CN(C)CCn1nnnc1CC(C=S)N=[N+]=[N-]. The third kappa shape index (κ3) is 4.43. The molecule has 0 N–H and O–H groups in total. The van der Waals surface area contributed by atoms with E-state index in [1.54, 1.807) is 4.68 Å². The van der Waals surface area contributed by atoms with Crippen molar-refractivity contribution in [2.24, 2.45) is 5.11 Å². The number of hydrogen-bond donors (Lipinski definition) is 0. The molecular weight excluding hydrogens is 240 g/mol. The Balaban J connectivity index is 2.67. The van der Waals surface area contributed by atoms with Crippen molar-refractivity contribution in [1.82, 2.24) is 25.1 Å². The lowest BCUT2D eigenvalue weighted by molar-refractivity contribution is 0.366. The molecule has 1 atom stereocenters. The number of rotatable bonds is 7. The van der Waals surface area contributed by atoms with Crippen LogP contribution in [0.1, 0.15) is 5.82 Å². The molecule has 0 aliphatic rings. The normalized spacial score (nSPS) is 12.2. The average molecular weight is 254 g/mol. The molecule has 1 heterocycles. The van der Waals surface area contributed by atoms with Gasteiger partial charge in [0.15, 0.2) is 5.82 Å². The van der Waals surface area contributed by atoms with Crippen molar-refractivity contribution in [1.29, 1.82) is 0 Å². The minimum Gasteiger partial charge on any atom is -0.308 e. The third-order valence-electron chi connectivity index (χ3n) is 2.11. The van der Waals surface area contributed by atoms with Gasteiger partial charge in [0.2, 0.25) is 0 Å². The second kappa shape index (κ2) is 6.89. The van der Waals surface area contributed by atoms with E-state index in [-0.39, 0.29) is 6.04 Å².